The van der Waals surface area contributed by atoms with Gasteiger partial charge in [-0.2, -0.15) is 5.10 Å². The number of hydrogen-bond donors (Lipinski definition) is 2. The maximum absolute atomic E-state index is 11.0. The van der Waals surface area contributed by atoms with Crippen molar-refractivity contribution in [2.24, 2.45) is 7.05 Å². The van der Waals surface area contributed by atoms with Crippen molar-refractivity contribution in [1.29, 1.82) is 0 Å². The van der Waals surface area contributed by atoms with Gasteiger partial charge in [-0.1, -0.05) is 0 Å². The number of nitro groups is 1. The van der Waals surface area contributed by atoms with Gasteiger partial charge in [0.05, 0.1) is 4.92 Å². The largest absolute Gasteiger partial charge is 0.477 e. The number of benzene rings is 1. The normalized spacial score (nSPS) is 10.3. The molecule has 9 nitrogen and oxygen atoms in total. The maximum Gasteiger partial charge on any atom is 0.342 e. The first-order chi connectivity index (χ1) is 9.97. The third-order valence-electron chi connectivity index (χ3n) is 2.75. The molecule has 0 saturated heterocycles. The van der Waals surface area contributed by atoms with E-state index in [2.05, 4.69) is 15.4 Å². The van der Waals surface area contributed by atoms with Gasteiger partial charge in [-0.25, -0.2) is 9.78 Å². The SMILES string of the molecule is Cn1cnc(CCNc2ccc([N+](=O)[O-])c(C(=O)O)c2)n1. The van der Waals surface area contributed by atoms with Gasteiger partial charge in [-0.05, 0) is 12.1 Å². The Morgan fingerprint density at radius 3 is 2.86 bits per heavy atom. The van der Waals surface area contributed by atoms with Gasteiger partial charge in [0.15, 0.2) is 5.82 Å². The van der Waals surface area contributed by atoms with Crippen molar-refractivity contribution in [2.75, 3.05) is 11.9 Å². The van der Waals surface area contributed by atoms with Crippen LogP contribution in [-0.4, -0.2) is 37.3 Å². The fourth-order valence-corrected chi connectivity index (χ4v) is 1.79. The van der Waals surface area contributed by atoms with Gasteiger partial charge in [0.2, 0.25) is 0 Å². The molecule has 0 atom stereocenters. The molecule has 0 bridgehead atoms. The minimum absolute atomic E-state index is 0.346. The molecule has 0 unspecified atom stereocenters. The minimum atomic E-state index is -1.34. The topological polar surface area (TPSA) is 123 Å². The van der Waals surface area contributed by atoms with Gasteiger partial charge in [0.1, 0.15) is 11.9 Å². The van der Waals surface area contributed by atoms with E-state index < -0.39 is 16.6 Å². The molecular weight excluding hydrogens is 278 g/mol. The van der Waals surface area contributed by atoms with Crippen molar-refractivity contribution in [3.8, 4) is 0 Å². The smallest absolute Gasteiger partial charge is 0.342 e. The third kappa shape index (κ3) is 3.53. The quantitative estimate of drug-likeness (QED) is 0.602. The standard InChI is InChI=1S/C12H13N5O4/c1-16-7-14-11(15-16)4-5-13-8-2-3-10(17(20)21)9(6-8)12(18)19/h2-3,6-7,13H,4-5H2,1H3,(H,18,19). The highest BCUT2D eigenvalue weighted by molar-refractivity contribution is 5.93. The number of aryl methyl sites for hydroxylation is 1. The summed E-state index contributed by atoms with van der Waals surface area (Å²) in [5.41, 5.74) is -0.283. The summed E-state index contributed by atoms with van der Waals surface area (Å²) >= 11 is 0. The molecule has 2 N–H and O–H groups in total. The van der Waals surface area contributed by atoms with Crippen molar-refractivity contribution in [2.45, 2.75) is 6.42 Å². The number of nitrogens with one attached hydrogen (secondary N) is 1. The van der Waals surface area contributed by atoms with Crippen molar-refractivity contribution in [3.05, 3.63) is 46.0 Å². The van der Waals surface area contributed by atoms with Gasteiger partial charge in [-0.15, -0.1) is 0 Å². The van der Waals surface area contributed by atoms with Crippen molar-refractivity contribution >= 4 is 17.3 Å². The average Bonchev–Trinajstić information content (AvgIpc) is 2.84. The molecule has 2 aromatic rings. The summed E-state index contributed by atoms with van der Waals surface area (Å²) in [5, 5.41) is 26.8. The van der Waals surface area contributed by atoms with Crippen LogP contribution in [0.5, 0.6) is 0 Å². The fraction of sp³-hybridized carbons (Fsp3) is 0.250. The predicted molar refractivity (Wildman–Crippen MR) is 73.3 cm³/mol. The Balaban J connectivity index is 2.05. The lowest BCUT2D eigenvalue weighted by Crippen LogP contribution is -2.08. The molecular formula is C12H13N5O4. The zero-order valence-corrected chi connectivity index (χ0v) is 11.2. The fourth-order valence-electron chi connectivity index (χ4n) is 1.79. The Bertz CT molecular complexity index is 682. The van der Waals surface area contributed by atoms with Crippen LogP contribution in [0.3, 0.4) is 0 Å². The van der Waals surface area contributed by atoms with Crippen LogP contribution < -0.4 is 5.32 Å². The lowest BCUT2D eigenvalue weighted by Gasteiger charge is -2.06. The molecule has 2 rings (SSSR count). The molecule has 1 aromatic heterocycles. The van der Waals surface area contributed by atoms with E-state index in [4.69, 9.17) is 5.11 Å². The first-order valence-electron chi connectivity index (χ1n) is 6.07. The highest BCUT2D eigenvalue weighted by Gasteiger charge is 2.19. The monoisotopic (exact) mass is 291 g/mol. The first-order valence-corrected chi connectivity index (χ1v) is 6.07. The lowest BCUT2D eigenvalue weighted by molar-refractivity contribution is -0.385. The average molecular weight is 291 g/mol. The van der Waals surface area contributed by atoms with Crippen LogP contribution in [-0.2, 0) is 13.5 Å². The molecule has 1 aromatic carbocycles. The van der Waals surface area contributed by atoms with Gasteiger partial charge in [0, 0.05) is 31.8 Å². The van der Waals surface area contributed by atoms with E-state index in [0.717, 1.165) is 0 Å². The van der Waals surface area contributed by atoms with E-state index in [0.29, 0.717) is 24.5 Å². The Morgan fingerprint density at radius 2 is 2.29 bits per heavy atom. The number of rotatable bonds is 6. The molecule has 0 amide bonds. The zero-order valence-electron chi connectivity index (χ0n) is 11.2. The number of carboxylic acids is 1. The lowest BCUT2D eigenvalue weighted by atomic mass is 10.1. The molecule has 0 fully saturated rings. The molecule has 0 spiro atoms. The number of aromatic nitrogens is 3. The maximum atomic E-state index is 11.0. The summed E-state index contributed by atoms with van der Waals surface area (Å²) in [7, 11) is 1.76. The van der Waals surface area contributed by atoms with Gasteiger partial charge in [0.25, 0.3) is 5.69 Å². The number of nitrogens with zero attached hydrogens (tertiary/aromatic N) is 4. The number of carboxylic acid groups (broad SMARTS) is 1. The highest BCUT2D eigenvalue weighted by atomic mass is 16.6. The third-order valence-corrected chi connectivity index (χ3v) is 2.75. The summed E-state index contributed by atoms with van der Waals surface area (Å²) in [6.07, 6.45) is 2.14. The van der Waals surface area contributed by atoms with Gasteiger partial charge < -0.3 is 10.4 Å². The molecule has 0 aliphatic carbocycles. The van der Waals surface area contributed by atoms with Crippen molar-refractivity contribution in [3.63, 3.8) is 0 Å². The van der Waals surface area contributed by atoms with Crippen LogP contribution in [0.2, 0.25) is 0 Å². The summed E-state index contributed by atoms with van der Waals surface area (Å²) in [6.45, 7) is 0.487. The highest BCUT2D eigenvalue weighted by Crippen LogP contribution is 2.22. The van der Waals surface area contributed by atoms with E-state index in [1.165, 1.54) is 18.2 Å². The Labute approximate surface area is 119 Å². The second kappa shape index (κ2) is 5.99. The Kier molecular flexibility index (Phi) is 4.12. The number of nitro benzene ring substituents is 1. The summed E-state index contributed by atoms with van der Waals surface area (Å²) in [5.74, 6) is -0.679. The predicted octanol–water partition coefficient (Wildman–Crippen LogP) is 1.08. The molecule has 0 aliphatic heterocycles. The van der Waals surface area contributed by atoms with E-state index in [1.807, 2.05) is 0 Å². The molecule has 0 aliphatic rings. The first kappa shape index (κ1) is 14.4. The summed E-state index contributed by atoms with van der Waals surface area (Å²) in [4.78, 5) is 25.1. The molecule has 9 heteroatoms. The Morgan fingerprint density at radius 1 is 1.52 bits per heavy atom. The molecule has 21 heavy (non-hydrogen) atoms. The molecule has 110 valence electrons. The molecule has 1 heterocycles. The minimum Gasteiger partial charge on any atom is -0.477 e. The van der Waals surface area contributed by atoms with Crippen LogP contribution in [0.4, 0.5) is 11.4 Å². The van der Waals surface area contributed by atoms with E-state index in [-0.39, 0.29) is 5.56 Å². The second-order valence-electron chi connectivity index (χ2n) is 4.31. The van der Waals surface area contributed by atoms with Crippen molar-refractivity contribution < 1.29 is 14.8 Å². The van der Waals surface area contributed by atoms with E-state index in [1.54, 1.807) is 18.1 Å². The van der Waals surface area contributed by atoms with E-state index >= 15 is 0 Å². The van der Waals surface area contributed by atoms with Crippen LogP contribution in [0.25, 0.3) is 0 Å². The number of carbonyl (C=O) groups is 1. The van der Waals surface area contributed by atoms with Crippen molar-refractivity contribution in [1.82, 2.24) is 14.8 Å². The second-order valence-corrected chi connectivity index (χ2v) is 4.31. The zero-order chi connectivity index (χ0) is 15.4. The van der Waals surface area contributed by atoms with Crippen LogP contribution in [0, 0.1) is 10.1 Å². The number of aromatic carboxylic acids is 1. The molecule has 0 radical (unpaired) electrons. The van der Waals surface area contributed by atoms with E-state index in [9.17, 15) is 14.9 Å². The van der Waals surface area contributed by atoms with Crippen LogP contribution in [0.15, 0.2) is 24.5 Å². The Hall–Kier alpha value is -2.97. The van der Waals surface area contributed by atoms with Gasteiger partial charge in [-0.3, -0.25) is 14.8 Å². The van der Waals surface area contributed by atoms with Crippen LogP contribution in [0.1, 0.15) is 16.2 Å². The summed E-state index contributed by atoms with van der Waals surface area (Å²) in [6, 6.07) is 3.88. The van der Waals surface area contributed by atoms with Crippen LogP contribution >= 0.6 is 0 Å². The molecule has 0 saturated carbocycles. The number of anilines is 1. The number of hydrogen-bond acceptors (Lipinski definition) is 6. The summed E-state index contributed by atoms with van der Waals surface area (Å²) < 4.78 is 1.59. The van der Waals surface area contributed by atoms with Gasteiger partial charge >= 0.3 is 5.97 Å².